The molecule has 3 rings (SSSR count). The third-order valence-corrected chi connectivity index (χ3v) is 3.79. The second kappa shape index (κ2) is 7.07. The Hall–Kier alpha value is -2.66. The van der Waals surface area contributed by atoms with Crippen molar-refractivity contribution >= 4 is 23.0 Å². The fraction of sp³-hybridized carbons (Fsp3) is 0.111. The number of imidazole rings is 1. The zero-order valence-electron chi connectivity index (χ0n) is 12.9. The standard InChI is InChI=1S/C18H18N4S/c1-14-19-11-12-22(14)17-10-6-5-7-15(17)13-20-18(23)21-16-8-3-2-4-9-16/h2-12H,13H2,1H3,(H2,20,21,23). The number of aromatic nitrogens is 2. The third kappa shape index (κ3) is 3.76. The molecule has 0 fully saturated rings. The molecule has 116 valence electrons. The van der Waals surface area contributed by atoms with E-state index >= 15 is 0 Å². The Morgan fingerprint density at radius 2 is 1.83 bits per heavy atom. The predicted octanol–water partition coefficient (Wildman–Crippen LogP) is 3.67. The molecule has 2 aromatic carbocycles. The molecule has 1 heterocycles. The van der Waals surface area contributed by atoms with Crippen molar-refractivity contribution in [1.29, 1.82) is 0 Å². The van der Waals surface area contributed by atoms with Gasteiger partial charge in [0.25, 0.3) is 0 Å². The Bertz CT molecular complexity index is 796. The Morgan fingerprint density at radius 1 is 1.09 bits per heavy atom. The molecule has 0 aliphatic carbocycles. The topological polar surface area (TPSA) is 41.9 Å². The summed E-state index contributed by atoms with van der Waals surface area (Å²) in [6.45, 7) is 2.64. The second-order valence-corrected chi connectivity index (χ2v) is 5.56. The molecule has 0 atom stereocenters. The molecule has 0 aliphatic heterocycles. The number of benzene rings is 2. The van der Waals surface area contributed by atoms with Crippen molar-refractivity contribution in [2.45, 2.75) is 13.5 Å². The minimum Gasteiger partial charge on any atom is -0.358 e. The van der Waals surface area contributed by atoms with Crippen LogP contribution in [0.4, 0.5) is 5.69 Å². The van der Waals surface area contributed by atoms with Gasteiger partial charge in [-0.15, -0.1) is 0 Å². The first kappa shape index (κ1) is 15.2. The summed E-state index contributed by atoms with van der Waals surface area (Å²) in [6.07, 6.45) is 3.77. The Morgan fingerprint density at radius 3 is 2.57 bits per heavy atom. The number of nitrogens with one attached hydrogen (secondary N) is 2. The quantitative estimate of drug-likeness (QED) is 0.719. The molecule has 3 aromatic rings. The maximum absolute atomic E-state index is 5.36. The Balaban J connectivity index is 1.69. The van der Waals surface area contributed by atoms with Gasteiger partial charge >= 0.3 is 0 Å². The molecule has 0 unspecified atom stereocenters. The van der Waals surface area contributed by atoms with E-state index in [1.807, 2.05) is 55.6 Å². The first-order valence-corrected chi connectivity index (χ1v) is 7.83. The van der Waals surface area contributed by atoms with Gasteiger partial charge in [0.1, 0.15) is 5.82 Å². The lowest BCUT2D eigenvalue weighted by molar-refractivity contribution is 0.885. The zero-order chi connectivity index (χ0) is 16.1. The number of nitrogens with zero attached hydrogens (tertiary/aromatic N) is 2. The highest BCUT2D eigenvalue weighted by molar-refractivity contribution is 7.80. The molecule has 1 aromatic heterocycles. The van der Waals surface area contributed by atoms with Crippen molar-refractivity contribution in [3.63, 3.8) is 0 Å². The van der Waals surface area contributed by atoms with Gasteiger partial charge in [0.15, 0.2) is 5.11 Å². The highest BCUT2D eigenvalue weighted by Gasteiger charge is 2.07. The molecule has 0 radical (unpaired) electrons. The van der Waals surface area contributed by atoms with Crippen LogP contribution in [-0.2, 0) is 6.54 Å². The van der Waals surface area contributed by atoms with E-state index in [0.29, 0.717) is 11.7 Å². The second-order valence-electron chi connectivity index (χ2n) is 5.15. The van der Waals surface area contributed by atoms with Gasteiger partial charge in [-0.25, -0.2) is 4.98 Å². The van der Waals surface area contributed by atoms with E-state index < -0.39 is 0 Å². The van der Waals surface area contributed by atoms with E-state index in [9.17, 15) is 0 Å². The lowest BCUT2D eigenvalue weighted by Crippen LogP contribution is -2.28. The monoisotopic (exact) mass is 322 g/mol. The van der Waals surface area contributed by atoms with Crippen LogP contribution in [0.15, 0.2) is 67.0 Å². The van der Waals surface area contributed by atoms with Crippen molar-refractivity contribution in [3.05, 3.63) is 78.4 Å². The van der Waals surface area contributed by atoms with Gasteiger partial charge in [-0.1, -0.05) is 36.4 Å². The number of hydrogen-bond donors (Lipinski definition) is 2. The van der Waals surface area contributed by atoms with Crippen LogP contribution in [0.25, 0.3) is 5.69 Å². The fourth-order valence-corrected chi connectivity index (χ4v) is 2.59. The normalized spacial score (nSPS) is 10.3. The van der Waals surface area contributed by atoms with Crippen molar-refractivity contribution in [2.75, 3.05) is 5.32 Å². The zero-order valence-corrected chi connectivity index (χ0v) is 13.7. The van der Waals surface area contributed by atoms with Crippen LogP contribution in [-0.4, -0.2) is 14.7 Å². The van der Waals surface area contributed by atoms with Crippen LogP contribution in [0, 0.1) is 6.92 Å². The smallest absolute Gasteiger partial charge is 0.171 e. The summed E-state index contributed by atoms with van der Waals surface area (Å²) >= 11 is 5.36. The van der Waals surface area contributed by atoms with E-state index in [0.717, 1.165) is 22.8 Å². The molecule has 0 bridgehead atoms. The first-order chi connectivity index (χ1) is 11.2. The number of rotatable bonds is 4. The Kier molecular flexibility index (Phi) is 4.68. The molecule has 0 spiro atoms. The molecular weight excluding hydrogens is 304 g/mol. The third-order valence-electron chi connectivity index (χ3n) is 3.55. The van der Waals surface area contributed by atoms with E-state index in [1.54, 1.807) is 6.20 Å². The molecule has 4 nitrogen and oxygen atoms in total. The molecule has 0 amide bonds. The predicted molar refractivity (Wildman–Crippen MR) is 97.8 cm³/mol. The highest BCUT2D eigenvalue weighted by atomic mass is 32.1. The van der Waals surface area contributed by atoms with Gasteiger partial charge in [0.05, 0.1) is 5.69 Å². The molecule has 2 N–H and O–H groups in total. The van der Waals surface area contributed by atoms with Gasteiger partial charge in [-0.3, -0.25) is 0 Å². The maximum atomic E-state index is 5.36. The average Bonchev–Trinajstić information content (AvgIpc) is 3.00. The maximum Gasteiger partial charge on any atom is 0.171 e. The lowest BCUT2D eigenvalue weighted by Gasteiger charge is -2.14. The van der Waals surface area contributed by atoms with Crippen LogP contribution in [0.1, 0.15) is 11.4 Å². The van der Waals surface area contributed by atoms with E-state index in [2.05, 4.69) is 32.3 Å². The molecule has 0 aliphatic rings. The van der Waals surface area contributed by atoms with Crippen LogP contribution in [0.2, 0.25) is 0 Å². The highest BCUT2D eigenvalue weighted by Crippen LogP contribution is 2.16. The van der Waals surface area contributed by atoms with Crippen LogP contribution in [0.3, 0.4) is 0 Å². The number of anilines is 1. The minimum atomic E-state index is 0.605. The van der Waals surface area contributed by atoms with Crippen LogP contribution < -0.4 is 10.6 Å². The summed E-state index contributed by atoms with van der Waals surface area (Å²) in [5, 5.41) is 7.04. The number of hydrogen-bond acceptors (Lipinski definition) is 2. The summed E-state index contributed by atoms with van der Waals surface area (Å²) in [4.78, 5) is 4.29. The number of thiocarbonyl (C=S) groups is 1. The van der Waals surface area contributed by atoms with Gasteiger partial charge in [0, 0.05) is 24.6 Å². The summed E-state index contributed by atoms with van der Waals surface area (Å²) in [7, 11) is 0. The van der Waals surface area contributed by atoms with Gasteiger partial charge < -0.3 is 15.2 Å². The van der Waals surface area contributed by atoms with E-state index in [1.165, 1.54) is 0 Å². The molecular formula is C18H18N4S. The lowest BCUT2D eigenvalue weighted by atomic mass is 10.1. The van der Waals surface area contributed by atoms with E-state index in [-0.39, 0.29) is 0 Å². The Labute approximate surface area is 141 Å². The number of aryl methyl sites for hydroxylation is 1. The van der Waals surface area contributed by atoms with Crippen molar-refractivity contribution in [2.24, 2.45) is 0 Å². The molecule has 23 heavy (non-hydrogen) atoms. The van der Waals surface area contributed by atoms with Crippen molar-refractivity contribution in [1.82, 2.24) is 14.9 Å². The summed E-state index contributed by atoms with van der Waals surface area (Å²) in [6, 6.07) is 18.1. The van der Waals surface area contributed by atoms with Crippen molar-refractivity contribution < 1.29 is 0 Å². The van der Waals surface area contributed by atoms with E-state index in [4.69, 9.17) is 12.2 Å². The van der Waals surface area contributed by atoms with Crippen molar-refractivity contribution in [3.8, 4) is 5.69 Å². The molecule has 0 saturated carbocycles. The number of para-hydroxylation sites is 2. The van der Waals surface area contributed by atoms with Gasteiger partial charge in [0.2, 0.25) is 0 Å². The van der Waals surface area contributed by atoms with Gasteiger partial charge in [-0.2, -0.15) is 0 Å². The minimum absolute atomic E-state index is 0.605. The largest absolute Gasteiger partial charge is 0.358 e. The van der Waals surface area contributed by atoms with Crippen LogP contribution in [0.5, 0.6) is 0 Å². The average molecular weight is 322 g/mol. The van der Waals surface area contributed by atoms with Crippen LogP contribution >= 0.6 is 12.2 Å². The van der Waals surface area contributed by atoms with Gasteiger partial charge in [-0.05, 0) is 42.9 Å². The SMILES string of the molecule is Cc1nccn1-c1ccccc1CNC(=S)Nc1ccccc1. The molecule has 0 saturated heterocycles. The summed E-state index contributed by atoms with van der Waals surface area (Å²) in [5.74, 6) is 0.961. The summed E-state index contributed by atoms with van der Waals surface area (Å²) < 4.78 is 2.07. The first-order valence-electron chi connectivity index (χ1n) is 7.42. The summed E-state index contributed by atoms with van der Waals surface area (Å²) in [5.41, 5.74) is 3.24. The molecule has 5 heteroatoms. The fourth-order valence-electron chi connectivity index (χ4n) is 2.40.